The normalized spacial score (nSPS) is 24.9. The summed E-state index contributed by atoms with van der Waals surface area (Å²) >= 11 is 0. The molecule has 0 aromatic carbocycles. The van der Waals surface area contributed by atoms with Crippen molar-refractivity contribution in [1.29, 1.82) is 0 Å². The Morgan fingerprint density at radius 2 is 2.11 bits per heavy atom. The van der Waals surface area contributed by atoms with Crippen LogP contribution in [-0.4, -0.2) is 53.4 Å². The maximum atomic E-state index is 12.5. The fourth-order valence-corrected chi connectivity index (χ4v) is 1.86. The van der Waals surface area contributed by atoms with Crippen LogP contribution in [-0.2, 0) is 4.79 Å². The Balaban J connectivity index is 2.44. The van der Waals surface area contributed by atoms with Gasteiger partial charge in [-0.1, -0.05) is 13.8 Å². The average molecular weight is 268 g/mol. The molecule has 2 N–H and O–H groups in total. The Labute approximate surface area is 104 Å². The first-order valence-electron chi connectivity index (χ1n) is 5.96. The minimum absolute atomic E-state index is 0.0451. The Morgan fingerprint density at radius 3 is 2.56 bits per heavy atom. The Morgan fingerprint density at radius 1 is 1.50 bits per heavy atom. The van der Waals surface area contributed by atoms with E-state index < -0.39 is 24.7 Å². The molecule has 0 spiro atoms. The molecule has 1 aliphatic heterocycles. The van der Waals surface area contributed by atoms with E-state index in [9.17, 15) is 23.1 Å². The third kappa shape index (κ3) is 3.58. The number of hydrogen-bond acceptors (Lipinski definition) is 3. The topological polar surface area (TPSA) is 52.6 Å². The zero-order valence-corrected chi connectivity index (χ0v) is 10.5. The van der Waals surface area contributed by atoms with Crippen molar-refractivity contribution in [1.82, 2.24) is 10.2 Å². The Bertz CT molecular complexity index is 307. The lowest BCUT2D eigenvalue weighted by Crippen LogP contribution is -2.48. The highest BCUT2D eigenvalue weighted by Gasteiger charge is 2.57. The second-order valence-corrected chi connectivity index (χ2v) is 4.95. The van der Waals surface area contributed by atoms with E-state index in [-0.39, 0.29) is 24.9 Å². The number of amides is 1. The summed E-state index contributed by atoms with van der Waals surface area (Å²) in [7, 11) is 0. The minimum Gasteiger partial charge on any atom is -0.379 e. The molecule has 0 aromatic heterocycles. The number of aliphatic hydroxyl groups is 1. The lowest BCUT2D eigenvalue weighted by atomic mass is 10.0. The SMILES string of the molecule is CC(C)NCCC(=O)N1CCC(O)(C(F)(F)F)C1. The maximum absolute atomic E-state index is 12.5. The van der Waals surface area contributed by atoms with Crippen molar-refractivity contribution in [2.24, 2.45) is 0 Å². The molecule has 1 saturated heterocycles. The van der Waals surface area contributed by atoms with Gasteiger partial charge in [0.25, 0.3) is 0 Å². The van der Waals surface area contributed by atoms with Crippen LogP contribution in [0.1, 0.15) is 26.7 Å². The van der Waals surface area contributed by atoms with Crippen molar-refractivity contribution in [2.45, 2.75) is 44.5 Å². The van der Waals surface area contributed by atoms with Gasteiger partial charge in [-0.15, -0.1) is 0 Å². The van der Waals surface area contributed by atoms with E-state index in [0.29, 0.717) is 6.54 Å². The summed E-state index contributed by atoms with van der Waals surface area (Å²) in [5, 5.41) is 12.4. The second-order valence-electron chi connectivity index (χ2n) is 4.95. The summed E-state index contributed by atoms with van der Waals surface area (Å²) in [6.45, 7) is 3.57. The molecule has 1 fully saturated rings. The number of rotatable bonds is 4. The van der Waals surface area contributed by atoms with Gasteiger partial charge < -0.3 is 15.3 Å². The van der Waals surface area contributed by atoms with Crippen LogP contribution in [0.15, 0.2) is 0 Å². The molecule has 1 unspecified atom stereocenters. The lowest BCUT2D eigenvalue weighted by molar-refractivity contribution is -0.253. The monoisotopic (exact) mass is 268 g/mol. The van der Waals surface area contributed by atoms with Crippen molar-refractivity contribution < 1.29 is 23.1 Å². The average Bonchev–Trinajstić information content (AvgIpc) is 2.60. The number of carbonyl (C=O) groups excluding carboxylic acids is 1. The third-order valence-electron chi connectivity index (χ3n) is 3.02. The van der Waals surface area contributed by atoms with E-state index in [4.69, 9.17) is 0 Å². The van der Waals surface area contributed by atoms with Gasteiger partial charge in [0.2, 0.25) is 5.91 Å². The highest BCUT2D eigenvalue weighted by molar-refractivity contribution is 5.76. The standard InChI is InChI=1S/C11H19F3N2O2/c1-8(2)15-5-3-9(17)16-6-4-10(18,7-16)11(12,13)14/h8,15,18H,3-7H2,1-2H3. The van der Waals surface area contributed by atoms with Crippen molar-refractivity contribution in [3.8, 4) is 0 Å². The molecular formula is C11H19F3N2O2. The summed E-state index contributed by atoms with van der Waals surface area (Å²) in [6, 6.07) is 0.225. The van der Waals surface area contributed by atoms with Gasteiger partial charge in [-0.25, -0.2) is 0 Å². The molecule has 0 saturated carbocycles. The molecule has 1 amide bonds. The molecule has 0 aliphatic carbocycles. The highest BCUT2D eigenvalue weighted by atomic mass is 19.4. The van der Waals surface area contributed by atoms with Gasteiger partial charge in [0.15, 0.2) is 5.60 Å². The van der Waals surface area contributed by atoms with Gasteiger partial charge in [0, 0.05) is 32.0 Å². The molecule has 106 valence electrons. The fraction of sp³-hybridized carbons (Fsp3) is 0.909. The molecule has 1 aliphatic rings. The molecule has 0 aromatic rings. The smallest absolute Gasteiger partial charge is 0.379 e. The first kappa shape index (κ1) is 15.2. The van der Waals surface area contributed by atoms with Gasteiger partial charge in [0.1, 0.15) is 0 Å². The molecule has 1 rings (SSSR count). The molecule has 0 radical (unpaired) electrons. The van der Waals surface area contributed by atoms with E-state index in [1.54, 1.807) is 0 Å². The number of nitrogens with zero attached hydrogens (tertiary/aromatic N) is 1. The van der Waals surface area contributed by atoms with Crippen LogP contribution >= 0.6 is 0 Å². The molecule has 4 nitrogen and oxygen atoms in total. The third-order valence-corrected chi connectivity index (χ3v) is 3.02. The zero-order valence-electron chi connectivity index (χ0n) is 10.5. The number of carbonyl (C=O) groups is 1. The van der Waals surface area contributed by atoms with E-state index in [1.807, 2.05) is 13.8 Å². The summed E-state index contributed by atoms with van der Waals surface area (Å²) in [6.07, 6.45) is -4.98. The lowest BCUT2D eigenvalue weighted by Gasteiger charge is -2.26. The van der Waals surface area contributed by atoms with Crippen LogP contribution in [0.3, 0.4) is 0 Å². The minimum atomic E-state index is -4.68. The van der Waals surface area contributed by atoms with Crippen molar-refractivity contribution in [2.75, 3.05) is 19.6 Å². The fourth-order valence-electron chi connectivity index (χ4n) is 1.86. The van der Waals surface area contributed by atoms with E-state index >= 15 is 0 Å². The van der Waals surface area contributed by atoms with E-state index in [2.05, 4.69) is 5.32 Å². The number of alkyl halides is 3. The van der Waals surface area contributed by atoms with Crippen LogP contribution in [0.25, 0.3) is 0 Å². The predicted molar refractivity (Wildman–Crippen MR) is 60.0 cm³/mol. The van der Waals surface area contributed by atoms with Crippen LogP contribution in [0.2, 0.25) is 0 Å². The summed E-state index contributed by atoms with van der Waals surface area (Å²) in [5.74, 6) is -0.358. The largest absolute Gasteiger partial charge is 0.419 e. The summed E-state index contributed by atoms with van der Waals surface area (Å²) in [5.41, 5.74) is -2.74. The van der Waals surface area contributed by atoms with Gasteiger partial charge in [0.05, 0.1) is 6.54 Å². The van der Waals surface area contributed by atoms with Crippen molar-refractivity contribution in [3.63, 3.8) is 0 Å². The second kappa shape index (κ2) is 5.44. The van der Waals surface area contributed by atoms with Crippen LogP contribution in [0.4, 0.5) is 13.2 Å². The molecule has 1 atom stereocenters. The van der Waals surface area contributed by atoms with Gasteiger partial charge in [-0.05, 0) is 0 Å². The molecular weight excluding hydrogens is 249 g/mol. The Hall–Kier alpha value is -0.820. The number of likely N-dealkylation sites (tertiary alicyclic amines) is 1. The quantitative estimate of drug-likeness (QED) is 0.796. The maximum Gasteiger partial charge on any atom is 0.419 e. The number of hydrogen-bond donors (Lipinski definition) is 2. The molecule has 18 heavy (non-hydrogen) atoms. The van der Waals surface area contributed by atoms with E-state index in [0.717, 1.165) is 4.90 Å². The van der Waals surface area contributed by atoms with E-state index in [1.165, 1.54) is 0 Å². The summed E-state index contributed by atoms with van der Waals surface area (Å²) < 4.78 is 37.6. The predicted octanol–water partition coefficient (Wildman–Crippen LogP) is 0.900. The van der Waals surface area contributed by atoms with Crippen LogP contribution < -0.4 is 5.32 Å². The summed E-state index contributed by atoms with van der Waals surface area (Å²) in [4.78, 5) is 12.7. The molecule has 0 bridgehead atoms. The van der Waals surface area contributed by atoms with Gasteiger partial charge in [-0.2, -0.15) is 13.2 Å². The molecule has 1 heterocycles. The van der Waals surface area contributed by atoms with Crippen molar-refractivity contribution >= 4 is 5.91 Å². The van der Waals surface area contributed by atoms with Crippen LogP contribution in [0, 0.1) is 0 Å². The first-order valence-corrected chi connectivity index (χ1v) is 5.96. The van der Waals surface area contributed by atoms with Crippen LogP contribution in [0.5, 0.6) is 0 Å². The van der Waals surface area contributed by atoms with Crippen molar-refractivity contribution in [3.05, 3.63) is 0 Å². The molecule has 7 heteroatoms. The Kier molecular flexibility index (Phi) is 4.61. The number of β-amino-alcohol motifs (C(OH)–C–C–N with tert-alkyl or cyclic N) is 1. The zero-order chi connectivity index (χ0) is 14.0. The van der Waals surface area contributed by atoms with Gasteiger partial charge in [-0.3, -0.25) is 4.79 Å². The number of halogens is 3. The number of nitrogens with one attached hydrogen (secondary N) is 1. The first-order chi connectivity index (χ1) is 8.16. The highest BCUT2D eigenvalue weighted by Crippen LogP contribution is 2.37. The van der Waals surface area contributed by atoms with Gasteiger partial charge >= 0.3 is 6.18 Å².